The summed E-state index contributed by atoms with van der Waals surface area (Å²) in [5.74, 6) is -0.541. The minimum absolute atomic E-state index is 0.0137. The number of rotatable bonds is 5. The first kappa shape index (κ1) is 13.7. The summed E-state index contributed by atoms with van der Waals surface area (Å²) in [6, 6.07) is 10.1. The van der Waals surface area contributed by atoms with E-state index in [4.69, 9.17) is 4.74 Å². The van der Waals surface area contributed by atoms with Gasteiger partial charge in [0.05, 0.1) is 10.5 Å². The van der Waals surface area contributed by atoms with Crippen LogP contribution in [0.3, 0.4) is 0 Å². The third-order valence-corrected chi connectivity index (χ3v) is 2.65. The van der Waals surface area contributed by atoms with Crippen molar-refractivity contribution < 1.29 is 18.8 Å². The molecule has 0 radical (unpaired) electrons. The molecule has 0 heterocycles. The summed E-state index contributed by atoms with van der Waals surface area (Å²) in [4.78, 5) is 20.5. The van der Waals surface area contributed by atoms with Crippen molar-refractivity contribution in [2.45, 2.75) is 6.61 Å². The lowest BCUT2D eigenvalue weighted by molar-refractivity contribution is -0.387. The van der Waals surface area contributed by atoms with Crippen molar-refractivity contribution in [2.24, 2.45) is 0 Å². The molecule has 0 aliphatic rings. The Balaban J connectivity index is 2.13. The lowest BCUT2D eigenvalue weighted by atomic mass is 10.2. The average Bonchev–Trinajstić information content (AvgIpc) is 2.45. The SMILES string of the molecule is O=Cc1ccccc1OCc1ccc([N+](=O)[O-])c(F)c1. The predicted molar refractivity (Wildman–Crippen MR) is 69.2 cm³/mol. The van der Waals surface area contributed by atoms with Crippen LogP contribution < -0.4 is 4.74 Å². The van der Waals surface area contributed by atoms with Gasteiger partial charge >= 0.3 is 5.69 Å². The number of nitro benzene ring substituents is 1. The van der Waals surface area contributed by atoms with E-state index in [-0.39, 0.29) is 6.61 Å². The second-order valence-electron chi connectivity index (χ2n) is 3.99. The summed E-state index contributed by atoms with van der Waals surface area (Å²) >= 11 is 0. The standard InChI is InChI=1S/C14H10FNO4/c15-12-7-10(5-6-13(12)16(18)19)9-20-14-4-2-1-3-11(14)8-17/h1-8H,9H2. The van der Waals surface area contributed by atoms with Crippen molar-refractivity contribution >= 4 is 12.0 Å². The molecule has 0 saturated carbocycles. The van der Waals surface area contributed by atoms with Crippen LogP contribution >= 0.6 is 0 Å². The zero-order valence-corrected chi connectivity index (χ0v) is 10.3. The highest BCUT2D eigenvalue weighted by atomic mass is 19.1. The Labute approximate surface area is 113 Å². The quantitative estimate of drug-likeness (QED) is 0.477. The Morgan fingerprint density at radius 1 is 1.25 bits per heavy atom. The molecule has 0 saturated heterocycles. The number of aldehydes is 1. The first-order chi connectivity index (χ1) is 9.61. The number of hydrogen-bond donors (Lipinski definition) is 0. The maximum Gasteiger partial charge on any atom is 0.304 e. The van der Waals surface area contributed by atoms with Gasteiger partial charge in [0.15, 0.2) is 6.29 Å². The molecule has 2 rings (SSSR count). The molecule has 0 unspecified atom stereocenters. The van der Waals surface area contributed by atoms with Crippen LogP contribution in [0.1, 0.15) is 15.9 Å². The molecule has 102 valence electrons. The summed E-state index contributed by atoms with van der Waals surface area (Å²) in [6.45, 7) is 0.0137. The van der Waals surface area contributed by atoms with E-state index in [1.165, 1.54) is 6.07 Å². The number of nitrogens with zero attached hydrogens (tertiary/aromatic N) is 1. The number of nitro groups is 1. The zero-order chi connectivity index (χ0) is 14.5. The van der Waals surface area contributed by atoms with E-state index in [0.29, 0.717) is 23.2 Å². The first-order valence-electron chi connectivity index (χ1n) is 5.71. The second kappa shape index (κ2) is 5.92. The number of benzene rings is 2. The van der Waals surface area contributed by atoms with Crippen LogP contribution in [-0.4, -0.2) is 11.2 Å². The third kappa shape index (κ3) is 2.97. The van der Waals surface area contributed by atoms with Crippen molar-refractivity contribution in [2.75, 3.05) is 0 Å². The number of halogens is 1. The lowest BCUT2D eigenvalue weighted by Crippen LogP contribution is -2.00. The van der Waals surface area contributed by atoms with Crippen molar-refractivity contribution in [3.05, 3.63) is 69.5 Å². The van der Waals surface area contributed by atoms with Crippen LogP contribution in [0.2, 0.25) is 0 Å². The smallest absolute Gasteiger partial charge is 0.304 e. The van der Waals surface area contributed by atoms with E-state index >= 15 is 0 Å². The molecular weight excluding hydrogens is 265 g/mol. The summed E-state index contributed by atoms with van der Waals surface area (Å²) in [5, 5.41) is 10.5. The van der Waals surface area contributed by atoms with Gasteiger partial charge in [0.25, 0.3) is 0 Å². The van der Waals surface area contributed by atoms with Gasteiger partial charge in [-0.15, -0.1) is 0 Å². The van der Waals surface area contributed by atoms with E-state index in [1.807, 2.05) is 0 Å². The van der Waals surface area contributed by atoms with Gasteiger partial charge in [-0.3, -0.25) is 14.9 Å². The van der Waals surface area contributed by atoms with Gasteiger partial charge in [-0.25, -0.2) is 0 Å². The minimum Gasteiger partial charge on any atom is -0.488 e. The molecule has 0 aliphatic carbocycles. The van der Waals surface area contributed by atoms with E-state index < -0.39 is 16.4 Å². The molecule has 2 aromatic rings. The highest BCUT2D eigenvalue weighted by molar-refractivity contribution is 5.79. The largest absolute Gasteiger partial charge is 0.488 e. The van der Waals surface area contributed by atoms with Gasteiger partial charge in [-0.05, 0) is 29.8 Å². The molecule has 0 aliphatic heterocycles. The Kier molecular flexibility index (Phi) is 4.05. The van der Waals surface area contributed by atoms with Gasteiger partial charge < -0.3 is 4.74 Å². The fraction of sp³-hybridized carbons (Fsp3) is 0.0714. The number of carbonyl (C=O) groups is 1. The summed E-state index contributed by atoms with van der Waals surface area (Å²) in [7, 11) is 0. The summed E-state index contributed by atoms with van der Waals surface area (Å²) in [6.07, 6.45) is 0.658. The third-order valence-electron chi connectivity index (χ3n) is 2.65. The first-order valence-corrected chi connectivity index (χ1v) is 5.71. The summed E-state index contributed by atoms with van der Waals surface area (Å²) < 4.78 is 18.8. The number of carbonyl (C=O) groups excluding carboxylic acids is 1. The second-order valence-corrected chi connectivity index (χ2v) is 3.99. The average molecular weight is 275 g/mol. The van der Waals surface area contributed by atoms with Crippen LogP contribution in [0.25, 0.3) is 0 Å². The van der Waals surface area contributed by atoms with E-state index in [2.05, 4.69) is 0 Å². The molecule has 0 amide bonds. The molecule has 0 atom stereocenters. The Morgan fingerprint density at radius 2 is 2.00 bits per heavy atom. The highest BCUT2D eigenvalue weighted by Crippen LogP contribution is 2.21. The van der Waals surface area contributed by atoms with E-state index in [0.717, 1.165) is 12.1 Å². The Bertz CT molecular complexity index is 657. The number of hydrogen-bond acceptors (Lipinski definition) is 4. The van der Waals surface area contributed by atoms with Crippen LogP contribution in [0, 0.1) is 15.9 Å². The molecule has 20 heavy (non-hydrogen) atoms. The van der Waals surface area contributed by atoms with Gasteiger partial charge in [-0.2, -0.15) is 4.39 Å². The number of para-hydroxylation sites is 1. The molecule has 0 bridgehead atoms. The zero-order valence-electron chi connectivity index (χ0n) is 10.3. The lowest BCUT2D eigenvalue weighted by Gasteiger charge is -2.08. The molecule has 6 heteroatoms. The van der Waals surface area contributed by atoms with E-state index in [1.54, 1.807) is 24.3 Å². The highest BCUT2D eigenvalue weighted by Gasteiger charge is 2.14. The fourth-order valence-electron chi connectivity index (χ4n) is 1.66. The van der Waals surface area contributed by atoms with Crippen molar-refractivity contribution in [3.8, 4) is 5.75 Å². The fourth-order valence-corrected chi connectivity index (χ4v) is 1.66. The maximum absolute atomic E-state index is 13.4. The van der Waals surface area contributed by atoms with Crippen LogP contribution in [0.4, 0.5) is 10.1 Å². The molecule has 2 aromatic carbocycles. The van der Waals surface area contributed by atoms with Crippen molar-refractivity contribution in [1.29, 1.82) is 0 Å². The monoisotopic (exact) mass is 275 g/mol. The minimum atomic E-state index is -0.917. The predicted octanol–water partition coefficient (Wildman–Crippen LogP) is 3.13. The van der Waals surface area contributed by atoms with Crippen molar-refractivity contribution in [3.63, 3.8) is 0 Å². The van der Waals surface area contributed by atoms with E-state index in [9.17, 15) is 19.3 Å². The topological polar surface area (TPSA) is 69.4 Å². The summed E-state index contributed by atoms with van der Waals surface area (Å²) in [5.41, 5.74) is 0.241. The maximum atomic E-state index is 13.4. The number of ether oxygens (including phenoxy) is 1. The van der Waals surface area contributed by atoms with Gasteiger partial charge in [0, 0.05) is 6.07 Å². The van der Waals surface area contributed by atoms with Gasteiger partial charge in [0.1, 0.15) is 12.4 Å². The van der Waals surface area contributed by atoms with Gasteiger partial charge in [-0.1, -0.05) is 12.1 Å². The molecule has 0 aromatic heterocycles. The Morgan fingerprint density at radius 3 is 2.65 bits per heavy atom. The molecule has 5 nitrogen and oxygen atoms in total. The molecule has 0 N–H and O–H groups in total. The molecule has 0 spiro atoms. The molecular formula is C14H10FNO4. The van der Waals surface area contributed by atoms with Crippen LogP contribution in [-0.2, 0) is 6.61 Å². The molecule has 0 fully saturated rings. The van der Waals surface area contributed by atoms with Gasteiger partial charge in [0.2, 0.25) is 5.82 Å². The van der Waals surface area contributed by atoms with Crippen molar-refractivity contribution in [1.82, 2.24) is 0 Å². The van der Waals surface area contributed by atoms with Crippen LogP contribution in [0.5, 0.6) is 5.75 Å². The normalized spacial score (nSPS) is 10.1. The Hall–Kier alpha value is -2.76. The van der Waals surface area contributed by atoms with Crippen LogP contribution in [0.15, 0.2) is 42.5 Å².